The number of hydrogen-bond donors (Lipinski definition) is 2. The maximum atomic E-state index is 14.2. The van der Waals surface area contributed by atoms with E-state index < -0.39 is 34.6 Å². The van der Waals surface area contributed by atoms with Gasteiger partial charge in [0.2, 0.25) is 5.43 Å². The van der Waals surface area contributed by atoms with E-state index in [1.807, 2.05) is 0 Å². The summed E-state index contributed by atoms with van der Waals surface area (Å²) >= 11 is 0. The Balaban J connectivity index is 1.68. The van der Waals surface area contributed by atoms with Gasteiger partial charge in [0, 0.05) is 37.5 Å². The van der Waals surface area contributed by atoms with Gasteiger partial charge in [0.25, 0.3) is 11.8 Å². The monoisotopic (exact) mass is 433 g/mol. The van der Waals surface area contributed by atoms with Gasteiger partial charge in [-0.05, 0) is 19.4 Å². The van der Waals surface area contributed by atoms with E-state index in [9.17, 15) is 28.3 Å². The zero-order chi connectivity index (χ0) is 22.4. The molecule has 2 atom stereocenters. The molecule has 1 aromatic heterocycles. The maximum absolute atomic E-state index is 14.2. The van der Waals surface area contributed by atoms with Crippen molar-refractivity contribution in [1.82, 2.24) is 14.8 Å². The largest absolute Gasteiger partial charge is 0.503 e. The molecule has 4 rings (SSSR count). The average molecular weight is 433 g/mol. The van der Waals surface area contributed by atoms with Gasteiger partial charge in [-0.3, -0.25) is 14.4 Å². The van der Waals surface area contributed by atoms with Crippen LogP contribution in [0.4, 0.5) is 8.78 Å². The number of nitrogens with zero attached hydrogens (tertiary/aromatic N) is 2. The number of rotatable bonds is 3. The van der Waals surface area contributed by atoms with Crippen LogP contribution in [0.5, 0.6) is 5.75 Å². The summed E-state index contributed by atoms with van der Waals surface area (Å²) in [6, 6.07) is 1.72. The number of carbonyl (C=O) groups excluding carboxylic acids is 2. The first-order chi connectivity index (χ1) is 14.7. The van der Waals surface area contributed by atoms with Gasteiger partial charge in [-0.15, -0.1) is 0 Å². The van der Waals surface area contributed by atoms with Crippen LogP contribution >= 0.6 is 0 Å². The lowest BCUT2D eigenvalue weighted by molar-refractivity contribution is -0.0115. The molecule has 0 spiro atoms. The molecule has 164 valence electrons. The highest BCUT2D eigenvalue weighted by atomic mass is 19.1. The van der Waals surface area contributed by atoms with Crippen molar-refractivity contribution < 1.29 is 28.2 Å². The number of amides is 2. The number of aromatic hydroxyl groups is 1. The molecule has 10 heteroatoms. The van der Waals surface area contributed by atoms with Crippen LogP contribution < -0.4 is 10.7 Å². The summed E-state index contributed by atoms with van der Waals surface area (Å²) in [6.45, 7) is 1.72. The van der Waals surface area contributed by atoms with E-state index in [1.165, 1.54) is 28.7 Å². The summed E-state index contributed by atoms with van der Waals surface area (Å²) in [7, 11) is 1.57. The van der Waals surface area contributed by atoms with Crippen molar-refractivity contribution in [1.29, 1.82) is 0 Å². The minimum Gasteiger partial charge on any atom is -0.503 e. The van der Waals surface area contributed by atoms with Crippen molar-refractivity contribution in [3.63, 3.8) is 0 Å². The molecule has 2 aliphatic heterocycles. The molecule has 0 bridgehead atoms. The summed E-state index contributed by atoms with van der Waals surface area (Å²) < 4.78 is 34.5. The predicted octanol–water partition coefficient (Wildman–Crippen LogP) is 1.49. The molecular formula is C21H21F2N3O5. The highest BCUT2D eigenvalue weighted by Gasteiger charge is 2.42. The quantitative estimate of drug-likeness (QED) is 0.764. The first-order valence-corrected chi connectivity index (χ1v) is 9.77. The van der Waals surface area contributed by atoms with Crippen LogP contribution in [0.1, 0.15) is 44.4 Å². The molecule has 2 aliphatic rings. The number of aromatic nitrogens is 1. The third kappa shape index (κ3) is 3.36. The van der Waals surface area contributed by atoms with Gasteiger partial charge in [0.1, 0.15) is 17.2 Å². The summed E-state index contributed by atoms with van der Waals surface area (Å²) in [5, 5.41) is 12.9. The van der Waals surface area contributed by atoms with Crippen LogP contribution in [-0.4, -0.2) is 52.7 Å². The Bertz CT molecular complexity index is 1150. The Kier molecular flexibility index (Phi) is 5.26. The van der Waals surface area contributed by atoms with Crippen LogP contribution in [0.2, 0.25) is 0 Å². The Hall–Kier alpha value is -3.27. The third-order valence-corrected chi connectivity index (χ3v) is 5.96. The molecule has 2 N–H and O–H groups in total. The Morgan fingerprint density at radius 2 is 2.03 bits per heavy atom. The number of fused-ring (bicyclic) bond motifs is 3. The van der Waals surface area contributed by atoms with E-state index in [1.54, 1.807) is 7.05 Å². The smallest absolute Gasteiger partial charge is 0.274 e. The fourth-order valence-corrected chi connectivity index (χ4v) is 4.10. The lowest BCUT2D eigenvalue weighted by atomic mass is 9.96. The molecule has 0 radical (unpaired) electrons. The van der Waals surface area contributed by atoms with Gasteiger partial charge >= 0.3 is 0 Å². The topological polar surface area (TPSA) is 101 Å². The number of nitrogens with one attached hydrogen (secondary N) is 1. The van der Waals surface area contributed by atoms with Crippen LogP contribution in [0.25, 0.3) is 0 Å². The molecule has 1 saturated heterocycles. The van der Waals surface area contributed by atoms with E-state index in [0.717, 1.165) is 6.07 Å². The minimum atomic E-state index is -0.994. The van der Waals surface area contributed by atoms with Crippen molar-refractivity contribution in [2.75, 3.05) is 20.3 Å². The average Bonchev–Trinajstić information content (AvgIpc) is 2.77. The molecule has 0 aliphatic carbocycles. The highest BCUT2D eigenvalue weighted by Crippen LogP contribution is 2.34. The molecular weight excluding hydrogens is 412 g/mol. The van der Waals surface area contributed by atoms with Crippen molar-refractivity contribution in [2.45, 2.75) is 32.0 Å². The maximum Gasteiger partial charge on any atom is 0.274 e. The molecule has 1 fully saturated rings. The fraction of sp³-hybridized carbons (Fsp3) is 0.381. The Labute approximate surface area is 176 Å². The van der Waals surface area contributed by atoms with Crippen molar-refractivity contribution >= 4 is 11.8 Å². The van der Waals surface area contributed by atoms with E-state index in [4.69, 9.17) is 4.74 Å². The van der Waals surface area contributed by atoms with Gasteiger partial charge in [-0.25, -0.2) is 8.78 Å². The summed E-state index contributed by atoms with van der Waals surface area (Å²) in [6.07, 6.45) is 1.78. The van der Waals surface area contributed by atoms with Gasteiger partial charge < -0.3 is 24.6 Å². The number of benzene rings is 1. The third-order valence-electron chi connectivity index (χ3n) is 5.96. The number of ether oxygens (including phenoxy) is 1. The molecule has 8 nitrogen and oxygen atoms in total. The first-order valence-electron chi connectivity index (χ1n) is 9.77. The second-order valence-electron chi connectivity index (χ2n) is 7.72. The Morgan fingerprint density at radius 3 is 2.77 bits per heavy atom. The molecule has 31 heavy (non-hydrogen) atoms. The summed E-state index contributed by atoms with van der Waals surface area (Å²) in [4.78, 5) is 39.5. The molecule has 1 aromatic carbocycles. The van der Waals surface area contributed by atoms with Crippen molar-refractivity contribution in [3.8, 4) is 5.75 Å². The Morgan fingerprint density at radius 1 is 1.29 bits per heavy atom. The number of likely N-dealkylation sites (N-methyl/N-ethyl adjacent to an activating group) is 1. The second kappa shape index (κ2) is 7.77. The van der Waals surface area contributed by atoms with Crippen LogP contribution in [0.15, 0.2) is 23.1 Å². The van der Waals surface area contributed by atoms with Gasteiger partial charge in [-0.2, -0.15) is 0 Å². The second-order valence-corrected chi connectivity index (χ2v) is 7.72. The van der Waals surface area contributed by atoms with E-state index in [0.29, 0.717) is 19.6 Å². The predicted molar refractivity (Wildman–Crippen MR) is 105 cm³/mol. The van der Waals surface area contributed by atoms with Crippen LogP contribution in [-0.2, 0) is 11.3 Å². The molecule has 3 heterocycles. The normalized spacial score (nSPS) is 20.3. The zero-order valence-corrected chi connectivity index (χ0v) is 16.9. The van der Waals surface area contributed by atoms with Crippen molar-refractivity contribution in [3.05, 3.63) is 62.6 Å². The van der Waals surface area contributed by atoms with Gasteiger partial charge in [-0.1, -0.05) is 6.07 Å². The highest BCUT2D eigenvalue weighted by molar-refractivity contribution is 5.99. The number of hydrogen-bond acceptors (Lipinski definition) is 5. The number of halogens is 2. The molecule has 2 aromatic rings. The van der Waals surface area contributed by atoms with Crippen LogP contribution in [0, 0.1) is 18.6 Å². The van der Waals surface area contributed by atoms with Gasteiger partial charge in [0.05, 0.1) is 18.7 Å². The molecule has 0 unspecified atom stereocenters. The summed E-state index contributed by atoms with van der Waals surface area (Å²) in [5.74, 6) is -3.68. The fourth-order valence-electron chi connectivity index (χ4n) is 4.10. The number of carbonyl (C=O) groups is 2. The number of pyridine rings is 1. The SMILES string of the molecule is Cc1c(F)ccc(CNC(=O)c2cn3c(c(O)c2=O)C(=O)N(C)[C@@H]2COCC[C@@H]23)c1F. The van der Waals surface area contributed by atoms with Crippen molar-refractivity contribution in [2.24, 2.45) is 0 Å². The summed E-state index contributed by atoms with van der Waals surface area (Å²) in [5.41, 5.74) is -1.66. The molecule has 2 amide bonds. The lowest BCUT2D eigenvalue weighted by Gasteiger charge is -2.44. The van der Waals surface area contributed by atoms with E-state index in [2.05, 4.69) is 5.32 Å². The van der Waals surface area contributed by atoms with Crippen LogP contribution in [0.3, 0.4) is 0 Å². The lowest BCUT2D eigenvalue weighted by Crippen LogP contribution is -2.54. The first kappa shape index (κ1) is 21.0. The standard InChI is InChI=1S/C21H21F2N3O5/c1-10-13(22)4-3-11(16(10)23)7-24-20(29)12-8-26-14-5-6-31-9-15(14)25(2)21(30)17(26)19(28)18(12)27/h3-4,8,14-15,28H,5-7,9H2,1-2H3,(H,24,29)/t14-,15+/m0/s1. The molecule has 0 saturated carbocycles. The minimum absolute atomic E-state index is 0.0517. The zero-order valence-electron chi connectivity index (χ0n) is 16.9. The van der Waals surface area contributed by atoms with E-state index >= 15 is 0 Å². The van der Waals surface area contributed by atoms with E-state index in [-0.39, 0.29) is 41.0 Å². The van der Waals surface area contributed by atoms with Gasteiger partial charge in [0.15, 0.2) is 11.4 Å².